The van der Waals surface area contributed by atoms with Gasteiger partial charge in [0.25, 0.3) is 0 Å². The quantitative estimate of drug-likeness (QED) is 0.705. The number of hydrogen-bond donors (Lipinski definition) is 1. The number of urea groups is 1. The second kappa shape index (κ2) is 9.50. The first kappa shape index (κ1) is 24.1. The van der Waals surface area contributed by atoms with Crippen LogP contribution < -0.4 is 4.72 Å². The number of sulfonamides is 1. The molecular formula is C22H26F3N3O3S. The molecule has 0 bridgehead atoms. The van der Waals surface area contributed by atoms with Crippen molar-refractivity contribution >= 4 is 16.1 Å². The molecule has 2 amide bonds. The number of nitrogens with zero attached hydrogens (tertiary/aromatic N) is 2. The fourth-order valence-electron chi connectivity index (χ4n) is 3.95. The second-order valence-corrected chi connectivity index (χ2v) is 10.0. The summed E-state index contributed by atoms with van der Waals surface area (Å²) in [6, 6.07) is 5.78. The third-order valence-corrected chi connectivity index (χ3v) is 6.99. The van der Waals surface area contributed by atoms with Crippen molar-refractivity contribution in [3.05, 3.63) is 59.4 Å². The van der Waals surface area contributed by atoms with Crippen molar-refractivity contribution in [2.24, 2.45) is 0 Å². The molecule has 1 saturated heterocycles. The lowest BCUT2D eigenvalue weighted by atomic mass is 9.96. The van der Waals surface area contributed by atoms with Gasteiger partial charge in [0.2, 0.25) is 10.0 Å². The summed E-state index contributed by atoms with van der Waals surface area (Å²) in [5, 5.41) is 0. The molecular weight excluding hydrogens is 443 g/mol. The van der Waals surface area contributed by atoms with Crippen LogP contribution in [0.4, 0.5) is 18.0 Å². The smallest absolute Gasteiger partial charge is 0.319 e. The molecule has 0 radical (unpaired) electrons. The van der Waals surface area contributed by atoms with Crippen molar-refractivity contribution in [1.29, 1.82) is 0 Å². The minimum absolute atomic E-state index is 0.0232. The van der Waals surface area contributed by atoms with Crippen molar-refractivity contribution in [2.75, 3.05) is 26.4 Å². The SMILES string of the molecule is CCS(=O)(=O)N[C@H]1CCN(C(=O)N(C)C)[C@H]1Cc1cccc(-c2cc(F)cc(F)c2)c1F. The Morgan fingerprint density at radius 3 is 2.41 bits per heavy atom. The molecule has 0 saturated carbocycles. The lowest BCUT2D eigenvalue weighted by molar-refractivity contribution is 0.162. The van der Waals surface area contributed by atoms with Crippen molar-refractivity contribution < 1.29 is 26.4 Å². The van der Waals surface area contributed by atoms with E-state index in [1.54, 1.807) is 20.2 Å². The number of benzene rings is 2. The van der Waals surface area contributed by atoms with Crippen LogP contribution in [0.3, 0.4) is 0 Å². The predicted octanol–water partition coefficient (Wildman–Crippen LogP) is 3.38. The highest BCUT2D eigenvalue weighted by Gasteiger charge is 2.39. The van der Waals surface area contributed by atoms with E-state index < -0.39 is 39.6 Å². The summed E-state index contributed by atoms with van der Waals surface area (Å²) in [7, 11) is -0.375. The van der Waals surface area contributed by atoms with E-state index in [1.165, 1.54) is 28.9 Å². The second-order valence-electron chi connectivity index (χ2n) is 8.00. The van der Waals surface area contributed by atoms with E-state index in [4.69, 9.17) is 0 Å². The molecule has 1 heterocycles. The average Bonchev–Trinajstić information content (AvgIpc) is 3.09. The Morgan fingerprint density at radius 2 is 1.81 bits per heavy atom. The maximum atomic E-state index is 15.4. The van der Waals surface area contributed by atoms with Gasteiger partial charge in [0, 0.05) is 38.3 Å². The molecule has 2 aromatic carbocycles. The molecule has 0 aliphatic carbocycles. The molecule has 2 atom stereocenters. The topological polar surface area (TPSA) is 69.7 Å². The number of hydrogen-bond acceptors (Lipinski definition) is 3. The normalized spacial score (nSPS) is 18.8. The van der Waals surface area contributed by atoms with Gasteiger partial charge < -0.3 is 9.80 Å². The Morgan fingerprint density at radius 1 is 1.16 bits per heavy atom. The Kier molecular flexibility index (Phi) is 7.14. The molecule has 1 N–H and O–H groups in total. The van der Waals surface area contributed by atoms with Gasteiger partial charge in [-0.15, -0.1) is 0 Å². The molecule has 1 fully saturated rings. The fraction of sp³-hybridized carbons (Fsp3) is 0.409. The fourth-order valence-corrected chi connectivity index (χ4v) is 4.85. The van der Waals surface area contributed by atoms with Gasteiger partial charge >= 0.3 is 6.03 Å². The zero-order valence-corrected chi connectivity index (χ0v) is 18.9. The molecule has 1 aliphatic rings. The zero-order chi connectivity index (χ0) is 23.6. The molecule has 10 heteroatoms. The molecule has 0 unspecified atom stereocenters. The first-order valence-corrected chi connectivity index (χ1v) is 11.9. The van der Waals surface area contributed by atoms with Crippen LogP contribution in [-0.2, 0) is 16.4 Å². The van der Waals surface area contributed by atoms with Gasteiger partial charge in [-0.1, -0.05) is 18.2 Å². The Bertz CT molecular complexity index is 1090. The number of rotatable bonds is 6. The maximum absolute atomic E-state index is 15.4. The van der Waals surface area contributed by atoms with Crippen LogP contribution in [0.5, 0.6) is 0 Å². The van der Waals surface area contributed by atoms with Crippen LogP contribution in [0.15, 0.2) is 36.4 Å². The lowest BCUT2D eigenvalue weighted by Gasteiger charge is -2.31. The average molecular weight is 470 g/mol. The number of likely N-dealkylation sites (tertiary alicyclic amines) is 1. The van der Waals surface area contributed by atoms with E-state index in [9.17, 15) is 22.0 Å². The third kappa shape index (κ3) is 5.24. The number of nitrogens with one attached hydrogen (secondary N) is 1. The van der Waals surface area contributed by atoms with Crippen LogP contribution in [0.1, 0.15) is 18.9 Å². The number of carbonyl (C=O) groups is 1. The minimum atomic E-state index is -3.55. The Balaban J connectivity index is 1.98. The lowest BCUT2D eigenvalue weighted by Crippen LogP contribution is -2.50. The summed E-state index contributed by atoms with van der Waals surface area (Å²) in [6.07, 6.45) is 0.424. The largest absolute Gasteiger partial charge is 0.331 e. The third-order valence-electron chi connectivity index (χ3n) is 5.57. The summed E-state index contributed by atoms with van der Waals surface area (Å²) in [6.45, 7) is 1.82. The van der Waals surface area contributed by atoms with E-state index in [1.807, 2.05) is 0 Å². The monoisotopic (exact) mass is 469 g/mol. The summed E-state index contributed by atoms with van der Waals surface area (Å²) < 4.78 is 69.7. The van der Waals surface area contributed by atoms with Gasteiger partial charge in [0.1, 0.15) is 17.5 Å². The summed E-state index contributed by atoms with van der Waals surface area (Å²) in [5.41, 5.74) is 0.295. The van der Waals surface area contributed by atoms with E-state index >= 15 is 4.39 Å². The summed E-state index contributed by atoms with van der Waals surface area (Å²) >= 11 is 0. The van der Waals surface area contributed by atoms with Crippen LogP contribution in [-0.4, -0.2) is 62.7 Å². The number of carbonyl (C=O) groups excluding carboxylic acids is 1. The van der Waals surface area contributed by atoms with Gasteiger partial charge in [-0.2, -0.15) is 0 Å². The van der Waals surface area contributed by atoms with Crippen molar-refractivity contribution in [2.45, 2.75) is 31.8 Å². The number of amides is 2. The minimum Gasteiger partial charge on any atom is -0.331 e. The molecule has 3 rings (SSSR count). The molecule has 6 nitrogen and oxygen atoms in total. The standard InChI is InChI=1S/C22H26F3N3O3S/c1-4-32(30,31)26-19-8-9-28(22(29)27(2)3)20(19)12-14-6-5-7-18(21(14)25)15-10-16(23)13-17(24)11-15/h5-7,10-11,13,19-20,26H,4,8-9,12H2,1-3H3/t19-,20-/m0/s1. The van der Waals surface area contributed by atoms with E-state index in [0.717, 1.165) is 12.1 Å². The van der Waals surface area contributed by atoms with Crippen LogP contribution >= 0.6 is 0 Å². The highest BCUT2D eigenvalue weighted by Crippen LogP contribution is 2.30. The van der Waals surface area contributed by atoms with Crippen molar-refractivity contribution in [3.8, 4) is 11.1 Å². The van der Waals surface area contributed by atoms with Crippen molar-refractivity contribution in [3.63, 3.8) is 0 Å². The van der Waals surface area contributed by atoms with Crippen LogP contribution in [0.25, 0.3) is 11.1 Å². The highest BCUT2D eigenvalue weighted by molar-refractivity contribution is 7.89. The van der Waals surface area contributed by atoms with E-state index in [-0.39, 0.29) is 34.9 Å². The zero-order valence-electron chi connectivity index (χ0n) is 18.1. The van der Waals surface area contributed by atoms with Crippen molar-refractivity contribution in [1.82, 2.24) is 14.5 Å². The Labute approximate surface area is 186 Å². The highest BCUT2D eigenvalue weighted by atomic mass is 32.2. The van der Waals surface area contributed by atoms with Crippen LogP contribution in [0, 0.1) is 17.5 Å². The molecule has 0 spiro atoms. The van der Waals surface area contributed by atoms with Gasteiger partial charge in [-0.3, -0.25) is 0 Å². The van der Waals surface area contributed by atoms with Gasteiger partial charge in [0.15, 0.2) is 0 Å². The first-order valence-electron chi connectivity index (χ1n) is 10.2. The molecule has 0 aromatic heterocycles. The summed E-state index contributed by atoms with van der Waals surface area (Å²) in [4.78, 5) is 15.6. The molecule has 2 aromatic rings. The molecule has 32 heavy (non-hydrogen) atoms. The van der Waals surface area contributed by atoms with Gasteiger partial charge in [-0.25, -0.2) is 31.1 Å². The molecule has 174 valence electrons. The number of halogens is 3. The predicted molar refractivity (Wildman–Crippen MR) is 116 cm³/mol. The first-order chi connectivity index (χ1) is 15.0. The van der Waals surface area contributed by atoms with Gasteiger partial charge in [0.05, 0.1) is 11.8 Å². The van der Waals surface area contributed by atoms with E-state index in [0.29, 0.717) is 19.0 Å². The Hall–Kier alpha value is -2.59. The maximum Gasteiger partial charge on any atom is 0.319 e. The summed E-state index contributed by atoms with van der Waals surface area (Å²) in [5.74, 6) is -2.43. The van der Waals surface area contributed by atoms with E-state index in [2.05, 4.69) is 4.72 Å². The van der Waals surface area contributed by atoms with Crippen LogP contribution in [0.2, 0.25) is 0 Å². The van der Waals surface area contributed by atoms with Gasteiger partial charge in [-0.05, 0) is 43.0 Å². The molecule has 1 aliphatic heterocycles.